The molecular weight excluding hydrogens is 537 g/mol. The van der Waals surface area contributed by atoms with Gasteiger partial charge in [-0.3, -0.25) is 10.1 Å². The van der Waals surface area contributed by atoms with Crippen LogP contribution in [-0.2, 0) is 6.42 Å². The predicted octanol–water partition coefficient (Wildman–Crippen LogP) is 3.12. The second-order valence-corrected chi connectivity index (χ2v) is 6.44. The number of aliphatic imine (C=N–C) groups is 1. The van der Waals surface area contributed by atoms with E-state index >= 15 is 0 Å². The van der Waals surface area contributed by atoms with Crippen molar-refractivity contribution < 1.29 is 23.0 Å². The molecule has 3 rings (SSSR count). The van der Waals surface area contributed by atoms with Crippen LogP contribution in [0.1, 0.15) is 24.4 Å². The van der Waals surface area contributed by atoms with Gasteiger partial charge in [0.15, 0.2) is 11.7 Å². The van der Waals surface area contributed by atoms with E-state index in [-0.39, 0.29) is 36.3 Å². The molecule has 3 aromatic rings. The summed E-state index contributed by atoms with van der Waals surface area (Å²) < 4.78 is 34.0. The van der Waals surface area contributed by atoms with Crippen LogP contribution in [0.3, 0.4) is 0 Å². The Morgan fingerprint density at radius 1 is 1.25 bits per heavy atom. The molecule has 2 aromatic heterocycles. The van der Waals surface area contributed by atoms with Crippen LogP contribution in [0.15, 0.2) is 52.1 Å². The summed E-state index contributed by atoms with van der Waals surface area (Å²) >= 11 is 0. The molecule has 1 aromatic carbocycles. The van der Waals surface area contributed by atoms with Gasteiger partial charge < -0.3 is 24.9 Å². The zero-order valence-electron chi connectivity index (χ0n) is 17.3. The molecule has 0 bridgehead atoms. The van der Waals surface area contributed by atoms with Crippen molar-refractivity contribution in [2.24, 2.45) is 4.99 Å². The maximum atomic E-state index is 12.2. The lowest BCUT2D eigenvalue weighted by Crippen LogP contribution is -2.38. The molecule has 12 heteroatoms. The number of H-pyrrole nitrogens is 1. The number of halogens is 3. The number of nitrogens with one attached hydrogen (secondary N) is 3. The number of rotatable bonds is 10. The number of aliphatic hydroxyl groups excluding tert-OH is 1. The molecule has 0 aliphatic heterocycles. The van der Waals surface area contributed by atoms with E-state index in [0.29, 0.717) is 48.4 Å². The summed E-state index contributed by atoms with van der Waals surface area (Å²) in [5.41, 5.74) is 0.549. The van der Waals surface area contributed by atoms with Gasteiger partial charge in [0.25, 0.3) is 0 Å². The molecule has 9 nitrogen and oxygen atoms in total. The van der Waals surface area contributed by atoms with E-state index < -0.39 is 12.7 Å². The molecule has 1 unspecified atom stereocenters. The molecular formula is C20H25F2IN6O3. The average Bonchev–Trinajstić information content (AvgIpc) is 3.44. The normalized spacial score (nSPS) is 12.3. The van der Waals surface area contributed by atoms with Crippen LogP contribution in [0.2, 0.25) is 0 Å². The summed E-state index contributed by atoms with van der Waals surface area (Å²) in [5.74, 6) is 2.35. The molecule has 0 fully saturated rings. The van der Waals surface area contributed by atoms with Crippen molar-refractivity contribution in [1.29, 1.82) is 0 Å². The first-order chi connectivity index (χ1) is 15.0. The molecule has 0 spiro atoms. The number of nitrogens with zero attached hydrogens (tertiary/aromatic N) is 3. The van der Waals surface area contributed by atoms with E-state index in [1.165, 1.54) is 24.3 Å². The monoisotopic (exact) mass is 562 g/mol. The first-order valence-corrected chi connectivity index (χ1v) is 9.75. The summed E-state index contributed by atoms with van der Waals surface area (Å²) in [5, 5.41) is 23.6. The van der Waals surface area contributed by atoms with Crippen LogP contribution < -0.4 is 15.4 Å². The fourth-order valence-corrected chi connectivity index (χ4v) is 2.72. The highest BCUT2D eigenvalue weighted by Gasteiger charge is 2.11. The highest BCUT2D eigenvalue weighted by Crippen LogP contribution is 2.19. The van der Waals surface area contributed by atoms with Crippen LogP contribution >= 0.6 is 24.0 Å². The fourth-order valence-electron chi connectivity index (χ4n) is 2.72. The average molecular weight is 562 g/mol. The van der Waals surface area contributed by atoms with Crippen molar-refractivity contribution >= 4 is 29.9 Å². The number of hydrogen-bond donors (Lipinski definition) is 4. The number of hydrogen-bond acceptors (Lipinski definition) is 6. The first kappa shape index (κ1) is 25.5. The number of alkyl halides is 2. The van der Waals surface area contributed by atoms with Crippen LogP contribution in [0, 0.1) is 0 Å². The van der Waals surface area contributed by atoms with E-state index in [2.05, 4.69) is 35.5 Å². The summed E-state index contributed by atoms with van der Waals surface area (Å²) in [4.78, 5) is 8.75. The maximum absolute atomic E-state index is 12.2. The molecule has 174 valence electrons. The third-order valence-electron chi connectivity index (χ3n) is 4.18. The minimum Gasteiger partial charge on any atom is -0.461 e. The van der Waals surface area contributed by atoms with E-state index in [9.17, 15) is 13.9 Å². The smallest absolute Gasteiger partial charge is 0.387 e. The summed E-state index contributed by atoms with van der Waals surface area (Å²) in [6.45, 7) is 0.320. The third kappa shape index (κ3) is 7.75. The molecule has 0 radical (unpaired) electrons. The fraction of sp³-hybridized carbons (Fsp3) is 0.350. The van der Waals surface area contributed by atoms with Gasteiger partial charge in [0.05, 0.1) is 18.9 Å². The highest BCUT2D eigenvalue weighted by molar-refractivity contribution is 14.0. The third-order valence-corrected chi connectivity index (χ3v) is 4.18. The topological polar surface area (TPSA) is 121 Å². The Morgan fingerprint density at radius 3 is 2.69 bits per heavy atom. The molecule has 0 saturated heterocycles. The Balaban J connectivity index is 0.00000363. The lowest BCUT2D eigenvalue weighted by atomic mass is 10.1. The van der Waals surface area contributed by atoms with Gasteiger partial charge in [0.2, 0.25) is 5.82 Å². The number of benzene rings is 1. The van der Waals surface area contributed by atoms with E-state index in [0.717, 1.165) is 0 Å². The minimum atomic E-state index is -2.89. The molecule has 0 saturated carbocycles. The largest absolute Gasteiger partial charge is 0.461 e. The van der Waals surface area contributed by atoms with Crippen molar-refractivity contribution in [3.8, 4) is 17.3 Å². The Bertz CT molecular complexity index is 951. The first-order valence-electron chi connectivity index (χ1n) is 9.75. The lowest BCUT2D eigenvalue weighted by Gasteiger charge is -2.13. The molecule has 4 N–H and O–H groups in total. The van der Waals surface area contributed by atoms with Gasteiger partial charge in [-0.1, -0.05) is 12.1 Å². The zero-order chi connectivity index (χ0) is 22.1. The van der Waals surface area contributed by atoms with Gasteiger partial charge in [0, 0.05) is 19.5 Å². The van der Waals surface area contributed by atoms with Crippen molar-refractivity contribution in [3.63, 3.8) is 0 Å². The predicted molar refractivity (Wildman–Crippen MR) is 125 cm³/mol. The molecule has 0 amide bonds. The van der Waals surface area contributed by atoms with Crippen LogP contribution in [0.5, 0.6) is 5.75 Å². The quantitative estimate of drug-likeness (QED) is 0.170. The number of furan rings is 1. The zero-order valence-corrected chi connectivity index (χ0v) is 19.6. The van der Waals surface area contributed by atoms with Crippen molar-refractivity contribution in [1.82, 2.24) is 25.8 Å². The number of guanidine groups is 1. The van der Waals surface area contributed by atoms with E-state index in [4.69, 9.17) is 4.42 Å². The number of ether oxygens (including phenoxy) is 1. The number of aromatic nitrogens is 3. The Morgan fingerprint density at radius 2 is 2.03 bits per heavy atom. The summed E-state index contributed by atoms with van der Waals surface area (Å²) in [6, 6.07) is 9.37. The standard InChI is InChI=1S/C20H24F2N6O3.HI/c1-2-23-20(24-10-9-17-26-18(28-27-17)16-4-3-11-30-16)25-12-15(29)13-5-7-14(8-6-13)31-19(21)22;/h3-8,11,15,19,29H,2,9-10,12H2,1H3,(H2,23,24,25)(H,26,27,28);1H. The van der Waals surface area contributed by atoms with Crippen LogP contribution in [-0.4, -0.2) is 52.5 Å². The second kappa shape index (κ2) is 13.0. The van der Waals surface area contributed by atoms with Gasteiger partial charge in [-0.25, -0.2) is 4.98 Å². The molecule has 1 atom stereocenters. The number of aliphatic hydroxyl groups is 1. The molecule has 2 heterocycles. The van der Waals surface area contributed by atoms with E-state index in [1.807, 2.05) is 6.92 Å². The van der Waals surface area contributed by atoms with Crippen molar-refractivity contribution in [2.45, 2.75) is 26.1 Å². The Hall–Kier alpha value is -2.74. The summed E-state index contributed by atoms with van der Waals surface area (Å²) in [7, 11) is 0. The van der Waals surface area contributed by atoms with Gasteiger partial charge >= 0.3 is 6.61 Å². The van der Waals surface area contributed by atoms with Gasteiger partial charge in [-0.2, -0.15) is 13.9 Å². The molecule has 0 aliphatic rings. The second-order valence-electron chi connectivity index (χ2n) is 6.44. The van der Waals surface area contributed by atoms with Crippen LogP contribution in [0.25, 0.3) is 11.6 Å². The molecule has 0 aliphatic carbocycles. The van der Waals surface area contributed by atoms with Gasteiger partial charge in [-0.15, -0.1) is 24.0 Å². The maximum Gasteiger partial charge on any atom is 0.387 e. The molecule has 32 heavy (non-hydrogen) atoms. The highest BCUT2D eigenvalue weighted by atomic mass is 127. The summed E-state index contributed by atoms with van der Waals surface area (Å²) in [6.07, 6.45) is 1.25. The SMILES string of the molecule is CCNC(=NCC(O)c1ccc(OC(F)F)cc1)NCCc1nc(-c2ccco2)n[nH]1.I. The van der Waals surface area contributed by atoms with Gasteiger partial charge in [-0.05, 0) is 36.8 Å². The van der Waals surface area contributed by atoms with Crippen LogP contribution in [0.4, 0.5) is 8.78 Å². The van der Waals surface area contributed by atoms with E-state index in [1.54, 1.807) is 18.4 Å². The lowest BCUT2D eigenvalue weighted by molar-refractivity contribution is -0.0498. The Labute approximate surface area is 200 Å². The minimum absolute atomic E-state index is 0. The van der Waals surface area contributed by atoms with Crippen molar-refractivity contribution in [3.05, 3.63) is 54.0 Å². The van der Waals surface area contributed by atoms with Crippen molar-refractivity contribution in [2.75, 3.05) is 19.6 Å². The number of aromatic amines is 1. The Kier molecular flexibility index (Phi) is 10.3. The van der Waals surface area contributed by atoms with Gasteiger partial charge in [0.1, 0.15) is 11.6 Å².